The van der Waals surface area contributed by atoms with Crippen molar-refractivity contribution in [1.29, 1.82) is 0 Å². The molecular weight excluding hydrogens is 198 g/mol. The minimum Gasteiger partial charge on any atom is -0.492 e. The molecule has 1 rings (SSSR count). The summed E-state index contributed by atoms with van der Waals surface area (Å²) in [6.07, 6.45) is 0. The van der Waals surface area contributed by atoms with Crippen LogP contribution in [0, 0.1) is 6.92 Å². The van der Waals surface area contributed by atoms with E-state index in [9.17, 15) is 0 Å². The first kappa shape index (κ1) is 12.8. The van der Waals surface area contributed by atoms with Crippen molar-refractivity contribution in [2.75, 3.05) is 13.2 Å². The molecule has 0 saturated carbocycles. The second-order valence-corrected chi connectivity index (χ2v) is 4.36. The van der Waals surface area contributed by atoms with Crippen molar-refractivity contribution < 1.29 is 4.74 Å². The predicted molar refractivity (Wildman–Crippen MR) is 69.0 cm³/mol. The van der Waals surface area contributed by atoms with E-state index >= 15 is 0 Å². The Hall–Kier alpha value is -1.28. The van der Waals surface area contributed by atoms with Crippen LogP contribution < -0.4 is 10.1 Å². The Kier molecular flexibility index (Phi) is 5.06. The van der Waals surface area contributed by atoms with Crippen molar-refractivity contribution in [3.05, 3.63) is 42.0 Å². The molecule has 0 aliphatic heterocycles. The Labute approximate surface area is 98.3 Å². The summed E-state index contributed by atoms with van der Waals surface area (Å²) < 4.78 is 5.66. The van der Waals surface area contributed by atoms with Gasteiger partial charge in [0, 0.05) is 12.6 Å². The SMILES string of the molecule is C=C(C)CNC(C)COc1ccc(C)cc1. The van der Waals surface area contributed by atoms with Gasteiger partial charge in [-0.15, -0.1) is 0 Å². The van der Waals surface area contributed by atoms with Gasteiger partial charge in [-0.05, 0) is 32.9 Å². The molecule has 1 aromatic carbocycles. The van der Waals surface area contributed by atoms with Crippen LogP contribution in [0.3, 0.4) is 0 Å². The molecule has 1 aromatic rings. The second kappa shape index (κ2) is 6.33. The Morgan fingerprint density at radius 2 is 2.00 bits per heavy atom. The van der Waals surface area contributed by atoms with E-state index in [1.54, 1.807) is 0 Å². The summed E-state index contributed by atoms with van der Waals surface area (Å²) in [5.41, 5.74) is 2.39. The fourth-order valence-electron chi connectivity index (χ4n) is 1.26. The maximum atomic E-state index is 5.66. The summed E-state index contributed by atoms with van der Waals surface area (Å²) in [5.74, 6) is 0.926. The standard InChI is InChI=1S/C14H21NO/c1-11(2)9-15-13(4)10-16-14-7-5-12(3)6-8-14/h5-8,13,15H,1,9-10H2,2-4H3. The molecule has 0 amide bonds. The Balaban J connectivity index is 2.28. The van der Waals surface area contributed by atoms with Gasteiger partial charge >= 0.3 is 0 Å². The van der Waals surface area contributed by atoms with Crippen molar-refractivity contribution in [2.45, 2.75) is 26.8 Å². The highest BCUT2D eigenvalue weighted by Gasteiger charge is 2.01. The number of ether oxygens (including phenoxy) is 1. The minimum absolute atomic E-state index is 0.331. The molecule has 0 radical (unpaired) electrons. The van der Waals surface area contributed by atoms with Gasteiger partial charge in [0.05, 0.1) is 0 Å². The lowest BCUT2D eigenvalue weighted by Crippen LogP contribution is -2.32. The van der Waals surface area contributed by atoms with E-state index in [0.29, 0.717) is 12.6 Å². The fourth-order valence-corrected chi connectivity index (χ4v) is 1.26. The Bertz CT molecular complexity index is 329. The van der Waals surface area contributed by atoms with Crippen molar-refractivity contribution in [3.8, 4) is 5.75 Å². The number of hydrogen-bond acceptors (Lipinski definition) is 2. The van der Waals surface area contributed by atoms with Gasteiger partial charge in [0.1, 0.15) is 12.4 Å². The van der Waals surface area contributed by atoms with Crippen molar-refractivity contribution >= 4 is 0 Å². The third kappa shape index (κ3) is 4.99. The van der Waals surface area contributed by atoms with E-state index in [1.165, 1.54) is 5.56 Å². The van der Waals surface area contributed by atoms with Crippen molar-refractivity contribution in [2.24, 2.45) is 0 Å². The van der Waals surface area contributed by atoms with E-state index in [1.807, 2.05) is 19.1 Å². The third-order valence-corrected chi connectivity index (χ3v) is 2.27. The van der Waals surface area contributed by atoms with Crippen LogP contribution in [0.4, 0.5) is 0 Å². The van der Waals surface area contributed by atoms with Gasteiger partial charge < -0.3 is 10.1 Å². The summed E-state index contributed by atoms with van der Waals surface area (Å²) in [7, 11) is 0. The van der Waals surface area contributed by atoms with E-state index in [2.05, 4.69) is 37.9 Å². The largest absolute Gasteiger partial charge is 0.492 e. The molecule has 0 aromatic heterocycles. The van der Waals surface area contributed by atoms with Gasteiger partial charge in [0.15, 0.2) is 0 Å². The molecule has 1 unspecified atom stereocenters. The summed E-state index contributed by atoms with van der Waals surface area (Å²) >= 11 is 0. The lowest BCUT2D eigenvalue weighted by atomic mass is 10.2. The second-order valence-electron chi connectivity index (χ2n) is 4.36. The highest BCUT2D eigenvalue weighted by molar-refractivity contribution is 5.26. The van der Waals surface area contributed by atoms with E-state index in [-0.39, 0.29) is 0 Å². The zero-order valence-corrected chi connectivity index (χ0v) is 10.4. The van der Waals surface area contributed by atoms with E-state index in [0.717, 1.165) is 17.9 Å². The molecule has 0 saturated heterocycles. The minimum atomic E-state index is 0.331. The number of aryl methyl sites for hydroxylation is 1. The molecule has 0 bridgehead atoms. The van der Waals surface area contributed by atoms with Gasteiger partial charge in [0.2, 0.25) is 0 Å². The number of nitrogens with one attached hydrogen (secondary N) is 1. The van der Waals surface area contributed by atoms with Crippen LogP contribution >= 0.6 is 0 Å². The average Bonchev–Trinajstić information content (AvgIpc) is 2.25. The molecule has 0 fully saturated rings. The highest BCUT2D eigenvalue weighted by atomic mass is 16.5. The van der Waals surface area contributed by atoms with Gasteiger partial charge in [0.25, 0.3) is 0 Å². The molecule has 0 spiro atoms. The molecule has 88 valence electrons. The van der Waals surface area contributed by atoms with Crippen LogP contribution in [-0.2, 0) is 0 Å². The van der Waals surface area contributed by atoms with Gasteiger partial charge in [-0.25, -0.2) is 0 Å². The molecule has 2 nitrogen and oxygen atoms in total. The van der Waals surface area contributed by atoms with Crippen LogP contribution in [0.1, 0.15) is 19.4 Å². The molecule has 0 aliphatic rings. The number of hydrogen-bond donors (Lipinski definition) is 1. The van der Waals surface area contributed by atoms with Crippen LogP contribution in [0.2, 0.25) is 0 Å². The van der Waals surface area contributed by atoms with Crippen LogP contribution in [-0.4, -0.2) is 19.2 Å². The molecule has 1 atom stereocenters. The molecule has 0 aliphatic carbocycles. The number of rotatable bonds is 6. The van der Waals surface area contributed by atoms with Crippen molar-refractivity contribution in [3.63, 3.8) is 0 Å². The fraction of sp³-hybridized carbons (Fsp3) is 0.429. The van der Waals surface area contributed by atoms with Crippen LogP contribution in [0.5, 0.6) is 5.75 Å². The smallest absolute Gasteiger partial charge is 0.119 e. The molecular formula is C14H21NO. The van der Waals surface area contributed by atoms with E-state index < -0.39 is 0 Å². The normalized spacial score (nSPS) is 12.2. The predicted octanol–water partition coefficient (Wildman–Crippen LogP) is 2.93. The first-order chi connectivity index (χ1) is 7.58. The Morgan fingerprint density at radius 3 is 2.56 bits per heavy atom. The van der Waals surface area contributed by atoms with E-state index in [4.69, 9.17) is 4.74 Å². The van der Waals surface area contributed by atoms with Crippen LogP contribution in [0.15, 0.2) is 36.4 Å². The summed E-state index contributed by atoms with van der Waals surface area (Å²) in [6.45, 7) is 11.6. The highest BCUT2D eigenvalue weighted by Crippen LogP contribution is 2.11. The first-order valence-corrected chi connectivity index (χ1v) is 5.65. The molecule has 0 heterocycles. The average molecular weight is 219 g/mol. The third-order valence-electron chi connectivity index (χ3n) is 2.27. The quantitative estimate of drug-likeness (QED) is 0.743. The van der Waals surface area contributed by atoms with Crippen molar-refractivity contribution in [1.82, 2.24) is 5.32 Å². The summed E-state index contributed by atoms with van der Waals surface area (Å²) in [4.78, 5) is 0. The molecule has 2 heteroatoms. The zero-order valence-electron chi connectivity index (χ0n) is 10.4. The maximum Gasteiger partial charge on any atom is 0.119 e. The van der Waals surface area contributed by atoms with Gasteiger partial charge in [-0.1, -0.05) is 29.8 Å². The van der Waals surface area contributed by atoms with Gasteiger partial charge in [-0.2, -0.15) is 0 Å². The van der Waals surface area contributed by atoms with Gasteiger partial charge in [-0.3, -0.25) is 0 Å². The topological polar surface area (TPSA) is 21.3 Å². The monoisotopic (exact) mass is 219 g/mol. The molecule has 1 N–H and O–H groups in total. The summed E-state index contributed by atoms with van der Waals surface area (Å²) in [6, 6.07) is 8.45. The lowest BCUT2D eigenvalue weighted by Gasteiger charge is -2.15. The van der Waals surface area contributed by atoms with Crippen LogP contribution in [0.25, 0.3) is 0 Å². The summed E-state index contributed by atoms with van der Waals surface area (Å²) in [5, 5.41) is 3.34. The lowest BCUT2D eigenvalue weighted by molar-refractivity contribution is 0.276. The first-order valence-electron chi connectivity index (χ1n) is 5.65. The number of benzene rings is 1. The maximum absolute atomic E-state index is 5.66. The Morgan fingerprint density at radius 1 is 1.38 bits per heavy atom. The molecule has 16 heavy (non-hydrogen) atoms. The zero-order chi connectivity index (χ0) is 12.0.